The SMILES string of the molecule is O=C(C=Cc1cccc(NC(C(=O)Nc2ccccc2)C(=O)Nc2ccccc2)c1)NO. The average molecular weight is 430 g/mol. The highest BCUT2D eigenvalue weighted by atomic mass is 16.5. The van der Waals surface area contributed by atoms with Crippen LogP contribution in [0, 0.1) is 0 Å². The molecule has 0 aliphatic rings. The summed E-state index contributed by atoms with van der Waals surface area (Å²) < 4.78 is 0. The summed E-state index contributed by atoms with van der Waals surface area (Å²) in [6.45, 7) is 0. The van der Waals surface area contributed by atoms with Gasteiger partial charge in [-0.3, -0.25) is 19.6 Å². The van der Waals surface area contributed by atoms with Gasteiger partial charge >= 0.3 is 0 Å². The summed E-state index contributed by atoms with van der Waals surface area (Å²) in [6.07, 6.45) is 2.64. The zero-order valence-electron chi connectivity index (χ0n) is 17.0. The van der Waals surface area contributed by atoms with Gasteiger partial charge < -0.3 is 16.0 Å². The van der Waals surface area contributed by atoms with Gasteiger partial charge in [-0.15, -0.1) is 0 Å². The Hall–Kier alpha value is -4.43. The van der Waals surface area contributed by atoms with Crippen molar-refractivity contribution in [3.05, 3.63) is 96.6 Å². The Morgan fingerprint density at radius 2 is 1.25 bits per heavy atom. The molecular weight excluding hydrogens is 408 g/mol. The summed E-state index contributed by atoms with van der Waals surface area (Å²) in [5.41, 5.74) is 3.75. The molecule has 32 heavy (non-hydrogen) atoms. The van der Waals surface area contributed by atoms with E-state index in [0.717, 1.165) is 6.08 Å². The first kappa shape index (κ1) is 22.3. The second-order valence-corrected chi connectivity index (χ2v) is 6.72. The molecule has 3 aromatic rings. The van der Waals surface area contributed by atoms with Gasteiger partial charge in [-0.2, -0.15) is 0 Å². The highest BCUT2D eigenvalue weighted by molar-refractivity contribution is 6.16. The van der Waals surface area contributed by atoms with Crippen LogP contribution in [-0.2, 0) is 14.4 Å². The molecule has 8 heteroatoms. The standard InChI is InChI=1S/C24H22N4O4/c29-21(28-32)15-14-17-8-7-13-20(16-17)25-22(23(30)26-18-9-3-1-4-10-18)24(31)27-19-11-5-2-6-12-19/h1-16,22,25,32H,(H,26,30)(H,27,31)(H,28,29). The predicted molar refractivity (Wildman–Crippen MR) is 123 cm³/mol. The third-order valence-electron chi connectivity index (χ3n) is 4.34. The van der Waals surface area contributed by atoms with Gasteiger partial charge in [0.1, 0.15) is 0 Å². The molecule has 0 radical (unpaired) electrons. The monoisotopic (exact) mass is 430 g/mol. The first-order valence-electron chi connectivity index (χ1n) is 9.76. The fraction of sp³-hybridized carbons (Fsp3) is 0.0417. The first-order valence-corrected chi connectivity index (χ1v) is 9.76. The van der Waals surface area contributed by atoms with Crippen LogP contribution in [0.15, 0.2) is 91.0 Å². The number of hydroxylamine groups is 1. The van der Waals surface area contributed by atoms with Crippen LogP contribution in [0.3, 0.4) is 0 Å². The third-order valence-corrected chi connectivity index (χ3v) is 4.34. The molecule has 0 aromatic heterocycles. The molecule has 0 aliphatic heterocycles. The van der Waals surface area contributed by atoms with Crippen molar-refractivity contribution in [2.24, 2.45) is 0 Å². The smallest absolute Gasteiger partial charge is 0.267 e. The Morgan fingerprint density at radius 3 is 1.78 bits per heavy atom. The quantitative estimate of drug-likeness (QED) is 0.163. The normalized spacial score (nSPS) is 10.6. The highest BCUT2D eigenvalue weighted by Crippen LogP contribution is 2.16. The van der Waals surface area contributed by atoms with Gasteiger partial charge in [-0.05, 0) is 48.0 Å². The Morgan fingerprint density at radius 1 is 0.719 bits per heavy atom. The number of para-hydroxylation sites is 2. The second kappa shape index (κ2) is 11.1. The van der Waals surface area contributed by atoms with Crippen LogP contribution in [0.5, 0.6) is 0 Å². The Labute approximate surface area is 184 Å². The van der Waals surface area contributed by atoms with Crippen molar-refractivity contribution in [1.29, 1.82) is 0 Å². The molecule has 162 valence electrons. The molecular formula is C24H22N4O4. The van der Waals surface area contributed by atoms with Gasteiger partial charge in [0.25, 0.3) is 17.7 Å². The van der Waals surface area contributed by atoms with Gasteiger partial charge in [0.2, 0.25) is 0 Å². The van der Waals surface area contributed by atoms with Gasteiger partial charge in [-0.25, -0.2) is 5.48 Å². The number of benzene rings is 3. The molecule has 0 bridgehead atoms. The van der Waals surface area contributed by atoms with Crippen LogP contribution in [0.4, 0.5) is 17.1 Å². The number of hydrogen-bond donors (Lipinski definition) is 5. The average Bonchev–Trinajstić information content (AvgIpc) is 2.82. The van der Waals surface area contributed by atoms with Crippen molar-refractivity contribution in [1.82, 2.24) is 5.48 Å². The van der Waals surface area contributed by atoms with Crippen molar-refractivity contribution in [3.8, 4) is 0 Å². The van der Waals surface area contributed by atoms with E-state index in [1.54, 1.807) is 72.8 Å². The van der Waals surface area contributed by atoms with Gasteiger partial charge in [0.05, 0.1) is 0 Å². The number of anilines is 3. The summed E-state index contributed by atoms with van der Waals surface area (Å²) in [5, 5.41) is 17.0. The van der Waals surface area contributed by atoms with Gasteiger partial charge in [-0.1, -0.05) is 48.5 Å². The molecule has 3 rings (SSSR count). The minimum atomic E-state index is -1.24. The van der Waals surface area contributed by atoms with Crippen LogP contribution in [0.2, 0.25) is 0 Å². The lowest BCUT2D eigenvalue weighted by molar-refractivity contribution is -0.125. The number of carbonyl (C=O) groups is 3. The van der Waals surface area contributed by atoms with E-state index in [4.69, 9.17) is 5.21 Å². The number of carbonyl (C=O) groups excluding carboxylic acids is 3. The van der Waals surface area contributed by atoms with E-state index >= 15 is 0 Å². The Bertz CT molecular complexity index is 1050. The van der Waals surface area contributed by atoms with Crippen molar-refractivity contribution >= 4 is 40.9 Å². The maximum atomic E-state index is 13.0. The minimum Gasteiger partial charge on any atom is -0.366 e. The van der Waals surface area contributed by atoms with Crippen LogP contribution >= 0.6 is 0 Å². The topological polar surface area (TPSA) is 120 Å². The molecule has 0 saturated heterocycles. The number of amides is 3. The molecule has 0 spiro atoms. The van der Waals surface area contributed by atoms with Crippen LogP contribution < -0.4 is 21.4 Å². The molecule has 3 amide bonds. The zero-order valence-corrected chi connectivity index (χ0v) is 17.0. The summed E-state index contributed by atoms with van der Waals surface area (Å²) in [5.74, 6) is -1.75. The van der Waals surface area contributed by atoms with E-state index in [0.29, 0.717) is 22.6 Å². The molecule has 0 fully saturated rings. The number of hydrogen-bond acceptors (Lipinski definition) is 5. The second-order valence-electron chi connectivity index (χ2n) is 6.72. The maximum absolute atomic E-state index is 13.0. The summed E-state index contributed by atoms with van der Waals surface area (Å²) in [6, 6.07) is 23.2. The van der Waals surface area contributed by atoms with Crippen molar-refractivity contribution < 1.29 is 19.6 Å². The van der Waals surface area contributed by atoms with Crippen LogP contribution in [-0.4, -0.2) is 29.0 Å². The Kier molecular flexibility index (Phi) is 7.72. The lowest BCUT2D eigenvalue weighted by Crippen LogP contribution is -2.44. The first-order chi connectivity index (χ1) is 15.5. The molecule has 8 nitrogen and oxygen atoms in total. The summed E-state index contributed by atoms with van der Waals surface area (Å²) in [4.78, 5) is 37.1. The van der Waals surface area contributed by atoms with E-state index in [1.165, 1.54) is 11.6 Å². The van der Waals surface area contributed by atoms with Gasteiger partial charge in [0, 0.05) is 23.1 Å². The van der Waals surface area contributed by atoms with Crippen LogP contribution in [0.1, 0.15) is 5.56 Å². The fourth-order valence-corrected chi connectivity index (χ4v) is 2.83. The van der Waals surface area contributed by atoms with E-state index in [2.05, 4.69) is 16.0 Å². The third kappa shape index (κ3) is 6.54. The lowest BCUT2D eigenvalue weighted by Gasteiger charge is -2.19. The number of rotatable bonds is 8. The van der Waals surface area contributed by atoms with Crippen molar-refractivity contribution in [2.45, 2.75) is 6.04 Å². The summed E-state index contributed by atoms with van der Waals surface area (Å²) in [7, 11) is 0. The van der Waals surface area contributed by atoms with Crippen molar-refractivity contribution in [3.63, 3.8) is 0 Å². The summed E-state index contributed by atoms with van der Waals surface area (Å²) >= 11 is 0. The van der Waals surface area contributed by atoms with Crippen molar-refractivity contribution in [2.75, 3.05) is 16.0 Å². The van der Waals surface area contributed by atoms with Gasteiger partial charge in [0.15, 0.2) is 6.04 Å². The number of nitrogens with one attached hydrogen (secondary N) is 4. The molecule has 0 saturated carbocycles. The maximum Gasteiger partial charge on any atom is 0.267 e. The predicted octanol–water partition coefficient (Wildman–Crippen LogP) is 3.26. The van der Waals surface area contributed by atoms with E-state index in [1.807, 2.05) is 12.1 Å². The molecule has 3 aromatic carbocycles. The van der Waals surface area contributed by atoms with E-state index in [9.17, 15) is 14.4 Å². The fourth-order valence-electron chi connectivity index (χ4n) is 2.83. The molecule has 0 atom stereocenters. The largest absolute Gasteiger partial charge is 0.366 e. The molecule has 0 heterocycles. The van der Waals surface area contributed by atoms with E-state index in [-0.39, 0.29) is 0 Å². The molecule has 0 unspecified atom stereocenters. The lowest BCUT2D eigenvalue weighted by atomic mass is 10.1. The minimum absolute atomic E-state index is 0.493. The molecule has 0 aliphatic carbocycles. The van der Waals surface area contributed by atoms with Crippen LogP contribution in [0.25, 0.3) is 6.08 Å². The zero-order chi connectivity index (χ0) is 22.8. The molecule has 5 N–H and O–H groups in total. The highest BCUT2D eigenvalue weighted by Gasteiger charge is 2.27. The van der Waals surface area contributed by atoms with E-state index < -0.39 is 23.8 Å². The Balaban J connectivity index is 1.81.